The van der Waals surface area contributed by atoms with Gasteiger partial charge in [0, 0.05) is 34.2 Å². The van der Waals surface area contributed by atoms with Gasteiger partial charge in [-0.3, -0.25) is 13.9 Å². The fraction of sp³-hybridized carbons (Fsp3) is 0.231. The van der Waals surface area contributed by atoms with Gasteiger partial charge in [0.15, 0.2) is 0 Å². The average Bonchev–Trinajstić information content (AvgIpc) is 2.43. The van der Waals surface area contributed by atoms with Crippen molar-refractivity contribution in [2.24, 2.45) is 7.05 Å². The normalized spacial score (nSPS) is 12.0. The quantitative estimate of drug-likeness (QED) is 0.437. The topological polar surface area (TPSA) is 44.0 Å². The van der Waals surface area contributed by atoms with E-state index in [0.29, 0.717) is 11.6 Å². The number of rotatable bonds is 2. The Balaban J connectivity index is 0.00000288. The smallest absolute Gasteiger partial charge is 0.295 e. The maximum Gasteiger partial charge on any atom is 0.459 e. The minimum absolute atomic E-state index is 0. The van der Waals surface area contributed by atoms with E-state index in [9.17, 15) is 31.5 Å². The standard InChI is InChI=1S/C13H7ClF5N2O2.W/c1-20-9(12(15,16)13(17,18)19)6-10(22)21(11(20)23)8-4-2-7(14)3-5-8;/h2,4-6H,1H3;/q-1;. The zero-order valence-corrected chi connectivity index (χ0v) is 15.4. The van der Waals surface area contributed by atoms with Gasteiger partial charge in [0.1, 0.15) is 5.69 Å². The summed E-state index contributed by atoms with van der Waals surface area (Å²) in [6.45, 7) is 0. The van der Waals surface area contributed by atoms with Crippen molar-refractivity contribution >= 4 is 11.6 Å². The van der Waals surface area contributed by atoms with E-state index in [4.69, 9.17) is 11.6 Å². The van der Waals surface area contributed by atoms with Crippen LogP contribution in [-0.4, -0.2) is 15.3 Å². The number of nitrogens with zero attached hydrogens (tertiary/aromatic N) is 2. The summed E-state index contributed by atoms with van der Waals surface area (Å²) in [5.41, 5.74) is -4.49. The van der Waals surface area contributed by atoms with E-state index < -0.39 is 29.0 Å². The molecule has 0 aliphatic carbocycles. The maximum atomic E-state index is 13.4. The number of alkyl halides is 5. The molecule has 2 aromatic rings. The zero-order chi connectivity index (χ0) is 17.6. The Morgan fingerprint density at radius 3 is 2.17 bits per heavy atom. The van der Waals surface area contributed by atoms with Crippen LogP contribution >= 0.6 is 11.6 Å². The van der Waals surface area contributed by atoms with Crippen LogP contribution in [0.1, 0.15) is 5.69 Å². The van der Waals surface area contributed by atoms with Crippen LogP contribution in [0.3, 0.4) is 0 Å². The molecule has 0 saturated heterocycles. The summed E-state index contributed by atoms with van der Waals surface area (Å²) in [6, 6.07) is 6.18. The van der Waals surface area contributed by atoms with Crippen LogP contribution in [0.25, 0.3) is 5.69 Å². The molecular weight excluding hydrogens is 530 g/mol. The third-order valence-electron chi connectivity index (χ3n) is 3.01. The Morgan fingerprint density at radius 1 is 1.12 bits per heavy atom. The summed E-state index contributed by atoms with van der Waals surface area (Å²) < 4.78 is 64.6. The molecule has 1 aromatic carbocycles. The van der Waals surface area contributed by atoms with Crippen molar-refractivity contribution in [1.82, 2.24) is 9.13 Å². The van der Waals surface area contributed by atoms with Crippen LogP contribution in [0.4, 0.5) is 22.0 Å². The predicted octanol–water partition coefficient (Wildman–Crippen LogP) is 2.64. The molecule has 1 heterocycles. The van der Waals surface area contributed by atoms with Crippen molar-refractivity contribution in [3.05, 3.63) is 61.9 Å². The predicted molar refractivity (Wildman–Crippen MR) is 71.1 cm³/mol. The molecule has 130 valence electrons. The molecule has 2 rings (SSSR count). The first-order valence-corrected chi connectivity index (χ1v) is 6.30. The Labute approximate surface area is 150 Å². The van der Waals surface area contributed by atoms with Gasteiger partial charge in [0.25, 0.3) is 0 Å². The van der Waals surface area contributed by atoms with Crippen LogP contribution in [0, 0.1) is 6.07 Å². The van der Waals surface area contributed by atoms with E-state index in [1.807, 2.05) is 0 Å². The van der Waals surface area contributed by atoms with Crippen molar-refractivity contribution in [1.29, 1.82) is 0 Å². The Kier molecular flexibility index (Phi) is 5.83. The number of aromatic nitrogens is 2. The van der Waals surface area contributed by atoms with Gasteiger partial charge in [-0.15, -0.1) is 17.7 Å². The first-order valence-electron chi connectivity index (χ1n) is 5.92. The van der Waals surface area contributed by atoms with Gasteiger partial charge in [-0.1, -0.05) is 10.7 Å². The SMILES string of the molecule is Cn1c(C(F)(F)C(F)(F)F)cc(=O)n(-c2c[c-]c(Cl)cc2)c1=O.[W]. The molecule has 4 nitrogen and oxygen atoms in total. The molecule has 0 unspecified atom stereocenters. The maximum absolute atomic E-state index is 13.4. The summed E-state index contributed by atoms with van der Waals surface area (Å²) in [4.78, 5) is 23.9. The molecule has 1 aromatic heterocycles. The summed E-state index contributed by atoms with van der Waals surface area (Å²) in [5.74, 6) is -5.34. The molecule has 0 amide bonds. The minimum atomic E-state index is -5.94. The monoisotopic (exact) mass is 537 g/mol. The van der Waals surface area contributed by atoms with Crippen molar-refractivity contribution in [2.75, 3.05) is 0 Å². The molecule has 0 aliphatic rings. The van der Waals surface area contributed by atoms with Crippen LogP contribution < -0.4 is 11.2 Å². The zero-order valence-electron chi connectivity index (χ0n) is 11.7. The average molecular weight is 537 g/mol. The number of benzene rings is 1. The van der Waals surface area contributed by atoms with E-state index >= 15 is 0 Å². The molecule has 0 aliphatic heterocycles. The molecule has 0 spiro atoms. The largest absolute Gasteiger partial charge is 0.459 e. The molecular formula is C13H7ClF5N2O2W-. The van der Waals surface area contributed by atoms with Gasteiger partial charge in [0.2, 0.25) is 5.56 Å². The van der Waals surface area contributed by atoms with Crippen molar-refractivity contribution in [2.45, 2.75) is 12.1 Å². The number of hydrogen-bond acceptors (Lipinski definition) is 2. The first kappa shape index (κ1) is 20.6. The summed E-state index contributed by atoms with van der Waals surface area (Å²) >= 11 is 5.59. The number of hydrogen-bond donors (Lipinski definition) is 0. The number of halogens is 6. The molecule has 0 bridgehead atoms. The molecule has 24 heavy (non-hydrogen) atoms. The van der Waals surface area contributed by atoms with E-state index in [1.54, 1.807) is 0 Å². The van der Waals surface area contributed by atoms with E-state index in [0.717, 1.165) is 6.07 Å². The van der Waals surface area contributed by atoms with Gasteiger partial charge in [0.05, 0.1) is 0 Å². The molecule has 0 saturated carbocycles. The summed E-state index contributed by atoms with van der Waals surface area (Å²) in [6.07, 6.45) is -5.94. The van der Waals surface area contributed by atoms with Crippen molar-refractivity contribution in [3.63, 3.8) is 0 Å². The Bertz CT molecular complexity index is 859. The van der Waals surface area contributed by atoms with Gasteiger partial charge < -0.3 is 0 Å². The molecule has 0 atom stereocenters. The molecule has 11 heteroatoms. The fourth-order valence-electron chi connectivity index (χ4n) is 1.85. The van der Waals surface area contributed by atoms with Gasteiger partial charge in [-0.05, 0) is 0 Å². The van der Waals surface area contributed by atoms with Crippen molar-refractivity contribution in [3.8, 4) is 5.69 Å². The third-order valence-corrected chi connectivity index (χ3v) is 3.25. The van der Waals surface area contributed by atoms with E-state index in [-0.39, 0.29) is 42.4 Å². The summed E-state index contributed by atoms with van der Waals surface area (Å²) in [7, 11) is 0.715. The Hall–Kier alpha value is -1.47. The fourth-order valence-corrected chi connectivity index (χ4v) is 1.96. The van der Waals surface area contributed by atoms with E-state index in [1.165, 1.54) is 12.1 Å². The second-order valence-electron chi connectivity index (χ2n) is 4.51. The minimum Gasteiger partial charge on any atom is -0.295 e. The molecule has 0 radical (unpaired) electrons. The second-order valence-corrected chi connectivity index (χ2v) is 4.92. The van der Waals surface area contributed by atoms with Gasteiger partial charge in [-0.25, -0.2) is 4.79 Å². The van der Waals surface area contributed by atoms with Crippen LogP contribution in [0.15, 0.2) is 33.9 Å². The van der Waals surface area contributed by atoms with Gasteiger partial charge in [-0.2, -0.15) is 40.2 Å². The van der Waals surface area contributed by atoms with Crippen molar-refractivity contribution < 1.29 is 43.0 Å². The van der Waals surface area contributed by atoms with E-state index in [2.05, 4.69) is 6.07 Å². The van der Waals surface area contributed by atoms with Crippen LogP contribution in [-0.2, 0) is 34.0 Å². The Morgan fingerprint density at radius 2 is 1.71 bits per heavy atom. The second kappa shape index (κ2) is 6.80. The van der Waals surface area contributed by atoms with Crippen LogP contribution in [0.2, 0.25) is 5.02 Å². The molecule has 0 fully saturated rings. The first-order chi connectivity index (χ1) is 10.5. The van der Waals surface area contributed by atoms with Gasteiger partial charge >= 0.3 is 17.8 Å². The summed E-state index contributed by atoms with van der Waals surface area (Å²) in [5, 5.41) is 0.166. The van der Waals surface area contributed by atoms with Crippen LogP contribution in [0.5, 0.6) is 0 Å². The third kappa shape index (κ3) is 3.47. The molecule has 0 N–H and O–H groups in total.